The van der Waals surface area contributed by atoms with Crippen molar-refractivity contribution in [1.29, 1.82) is 0 Å². The molecule has 1 fully saturated rings. The number of hydrogen-bond donors (Lipinski definition) is 1. The largest absolute Gasteiger partial charge is 0.468 e. The fraction of sp³-hybridized carbons (Fsp3) is 0.467. The Balaban J connectivity index is 1.51. The molecule has 0 radical (unpaired) electrons. The summed E-state index contributed by atoms with van der Waals surface area (Å²) >= 11 is 0. The Bertz CT molecular complexity index is 548. The first-order chi connectivity index (χ1) is 10.3. The molecule has 1 saturated heterocycles. The molecular weight excluding hydrogens is 266 g/mol. The quantitative estimate of drug-likeness (QED) is 0.889. The molecule has 1 N–H and O–H groups in total. The summed E-state index contributed by atoms with van der Waals surface area (Å²) in [5.74, 6) is 1.86. The predicted octanol–water partition coefficient (Wildman–Crippen LogP) is 1.11. The SMILES string of the molecule is CNCc1coc(CN2CCN(c3ncccn3)CC2)c1. The number of hydrogen-bond acceptors (Lipinski definition) is 6. The normalized spacial score (nSPS) is 16.3. The second-order valence-electron chi connectivity index (χ2n) is 5.26. The zero-order chi connectivity index (χ0) is 14.5. The minimum atomic E-state index is 0.825. The van der Waals surface area contributed by atoms with E-state index in [4.69, 9.17) is 4.42 Å². The highest BCUT2D eigenvalue weighted by Gasteiger charge is 2.19. The number of nitrogens with one attached hydrogen (secondary N) is 1. The van der Waals surface area contributed by atoms with E-state index in [-0.39, 0.29) is 0 Å². The number of nitrogens with zero attached hydrogens (tertiary/aromatic N) is 4. The monoisotopic (exact) mass is 287 g/mol. The topological polar surface area (TPSA) is 57.4 Å². The smallest absolute Gasteiger partial charge is 0.225 e. The number of rotatable bonds is 5. The second-order valence-corrected chi connectivity index (χ2v) is 5.26. The van der Waals surface area contributed by atoms with Gasteiger partial charge in [-0.25, -0.2) is 9.97 Å². The molecule has 3 rings (SSSR count). The molecule has 2 aromatic heterocycles. The summed E-state index contributed by atoms with van der Waals surface area (Å²) in [6.07, 6.45) is 5.42. The second kappa shape index (κ2) is 6.69. The van der Waals surface area contributed by atoms with Crippen LogP contribution in [0, 0.1) is 0 Å². The van der Waals surface area contributed by atoms with Gasteiger partial charge in [-0.2, -0.15) is 0 Å². The van der Waals surface area contributed by atoms with Crippen LogP contribution >= 0.6 is 0 Å². The van der Waals surface area contributed by atoms with Crippen molar-refractivity contribution in [3.8, 4) is 0 Å². The number of aromatic nitrogens is 2. The summed E-state index contributed by atoms with van der Waals surface area (Å²) in [5, 5.41) is 3.13. The molecule has 1 aliphatic heterocycles. The summed E-state index contributed by atoms with van der Waals surface area (Å²) < 4.78 is 5.61. The maximum absolute atomic E-state index is 5.61. The van der Waals surface area contributed by atoms with Crippen LogP contribution in [0.4, 0.5) is 5.95 Å². The molecular formula is C15H21N5O. The fourth-order valence-corrected chi connectivity index (χ4v) is 2.59. The van der Waals surface area contributed by atoms with Crippen molar-refractivity contribution in [2.75, 3.05) is 38.1 Å². The lowest BCUT2D eigenvalue weighted by Gasteiger charge is -2.34. The molecule has 0 aliphatic carbocycles. The van der Waals surface area contributed by atoms with Crippen LogP contribution in [0.1, 0.15) is 11.3 Å². The van der Waals surface area contributed by atoms with Gasteiger partial charge in [0.25, 0.3) is 0 Å². The van der Waals surface area contributed by atoms with Crippen LogP contribution in [0.2, 0.25) is 0 Å². The lowest BCUT2D eigenvalue weighted by molar-refractivity contribution is 0.229. The molecule has 3 heterocycles. The highest BCUT2D eigenvalue weighted by molar-refractivity contribution is 5.29. The van der Waals surface area contributed by atoms with Crippen molar-refractivity contribution in [2.24, 2.45) is 0 Å². The summed E-state index contributed by atoms with van der Waals surface area (Å²) in [6.45, 7) is 5.62. The molecule has 0 bridgehead atoms. The highest BCUT2D eigenvalue weighted by Crippen LogP contribution is 2.14. The standard InChI is InChI=1S/C15H21N5O/c1-16-10-13-9-14(21-12-13)11-19-5-7-20(8-6-19)15-17-3-2-4-18-15/h2-4,9,12,16H,5-8,10-11H2,1H3. The first-order valence-electron chi connectivity index (χ1n) is 7.30. The van der Waals surface area contributed by atoms with Gasteiger partial charge in [-0.3, -0.25) is 4.90 Å². The van der Waals surface area contributed by atoms with Gasteiger partial charge in [-0.1, -0.05) is 0 Å². The van der Waals surface area contributed by atoms with E-state index in [9.17, 15) is 0 Å². The van der Waals surface area contributed by atoms with Gasteiger partial charge < -0.3 is 14.6 Å². The Morgan fingerprint density at radius 1 is 1.19 bits per heavy atom. The average molecular weight is 287 g/mol. The maximum Gasteiger partial charge on any atom is 0.225 e. The number of anilines is 1. The molecule has 112 valence electrons. The van der Waals surface area contributed by atoms with Gasteiger partial charge in [0, 0.05) is 50.7 Å². The fourth-order valence-electron chi connectivity index (χ4n) is 2.59. The van der Waals surface area contributed by atoms with Crippen molar-refractivity contribution in [3.63, 3.8) is 0 Å². The Labute approximate surface area is 124 Å². The van der Waals surface area contributed by atoms with E-state index in [1.165, 1.54) is 5.56 Å². The molecule has 6 heteroatoms. The van der Waals surface area contributed by atoms with Gasteiger partial charge in [0.15, 0.2) is 0 Å². The highest BCUT2D eigenvalue weighted by atomic mass is 16.3. The van der Waals surface area contributed by atoms with Crippen LogP contribution in [0.15, 0.2) is 35.2 Å². The van der Waals surface area contributed by atoms with Crippen LogP contribution in [0.3, 0.4) is 0 Å². The van der Waals surface area contributed by atoms with Crippen molar-refractivity contribution in [3.05, 3.63) is 42.1 Å². The van der Waals surface area contributed by atoms with Gasteiger partial charge in [0.05, 0.1) is 12.8 Å². The van der Waals surface area contributed by atoms with Crippen LogP contribution in [-0.4, -0.2) is 48.1 Å². The lowest BCUT2D eigenvalue weighted by Crippen LogP contribution is -2.46. The van der Waals surface area contributed by atoms with Gasteiger partial charge in [-0.15, -0.1) is 0 Å². The lowest BCUT2D eigenvalue weighted by atomic mass is 10.2. The van der Waals surface area contributed by atoms with Crippen molar-refractivity contribution in [1.82, 2.24) is 20.2 Å². The number of furan rings is 1. The van der Waals surface area contributed by atoms with Gasteiger partial charge >= 0.3 is 0 Å². The van der Waals surface area contributed by atoms with E-state index in [0.29, 0.717) is 0 Å². The first kappa shape index (κ1) is 14.0. The molecule has 0 atom stereocenters. The molecule has 0 saturated carbocycles. The molecule has 0 unspecified atom stereocenters. The van der Waals surface area contributed by atoms with E-state index in [0.717, 1.165) is 51.0 Å². The first-order valence-corrected chi connectivity index (χ1v) is 7.30. The van der Waals surface area contributed by atoms with Gasteiger partial charge in [0.1, 0.15) is 5.76 Å². The van der Waals surface area contributed by atoms with E-state index in [1.807, 2.05) is 19.4 Å². The summed E-state index contributed by atoms with van der Waals surface area (Å²) in [4.78, 5) is 13.2. The molecule has 0 spiro atoms. The Morgan fingerprint density at radius 2 is 1.95 bits per heavy atom. The van der Waals surface area contributed by atoms with Gasteiger partial charge in [0.2, 0.25) is 5.95 Å². The zero-order valence-corrected chi connectivity index (χ0v) is 12.3. The van der Waals surface area contributed by atoms with Crippen molar-refractivity contribution >= 4 is 5.95 Å². The minimum absolute atomic E-state index is 0.825. The maximum atomic E-state index is 5.61. The Kier molecular flexibility index (Phi) is 4.47. The number of piperazine rings is 1. The third kappa shape index (κ3) is 3.59. The summed E-state index contributed by atoms with van der Waals surface area (Å²) in [7, 11) is 1.94. The third-order valence-electron chi connectivity index (χ3n) is 3.68. The Hall–Kier alpha value is -1.92. The van der Waals surface area contributed by atoms with E-state index < -0.39 is 0 Å². The van der Waals surface area contributed by atoms with Crippen molar-refractivity contribution in [2.45, 2.75) is 13.1 Å². The molecule has 0 amide bonds. The van der Waals surface area contributed by atoms with E-state index in [2.05, 4.69) is 31.2 Å². The van der Waals surface area contributed by atoms with Crippen molar-refractivity contribution < 1.29 is 4.42 Å². The molecule has 1 aliphatic rings. The molecule has 2 aromatic rings. The Morgan fingerprint density at radius 3 is 2.67 bits per heavy atom. The minimum Gasteiger partial charge on any atom is -0.468 e. The van der Waals surface area contributed by atoms with Crippen LogP contribution in [0.25, 0.3) is 0 Å². The van der Waals surface area contributed by atoms with Crippen LogP contribution in [0.5, 0.6) is 0 Å². The predicted molar refractivity (Wildman–Crippen MR) is 81.0 cm³/mol. The third-order valence-corrected chi connectivity index (χ3v) is 3.68. The van der Waals surface area contributed by atoms with Crippen LogP contribution < -0.4 is 10.2 Å². The average Bonchev–Trinajstić information content (AvgIpc) is 2.97. The van der Waals surface area contributed by atoms with E-state index in [1.54, 1.807) is 12.4 Å². The molecule has 21 heavy (non-hydrogen) atoms. The molecule has 0 aromatic carbocycles. The molecule has 6 nitrogen and oxygen atoms in total. The van der Waals surface area contributed by atoms with E-state index >= 15 is 0 Å². The van der Waals surface area contributed by atoms with Crippen LogP contribution in [-0.2, 0) is 13.1 Å². The summed E-state index contributed by atoms with van der Waals surface area (Å²) in [5.41, 5.74) is 1.20. The zero-order valence-electron chi connectivity index (χ0n) is 12.3. The summed E-state index contributed by atoms with van der Waals surface area (Å²) in [6, 6.07) is 3.97. The van der Waals surface area contributed by atoms with Gasteiger partial charge in [-0.05, 0) is 19.2 Å².